The van der Waals surface area contributed by atoms with Crippen LogP contribution >= 0.6 is 11.6 Å². The Kier molecular flexibility index (Phi) is 4.30. The van der Waals surface area contributed by atoms with Gasteiger partial charge in [0.2, 0.25) is 5.89 Å². The quantitative estimate of drug-likeness (QED) is 0.641. The summed E-state index contributed by atoms with van der Waals surface area (Å²) in [6.45, 7) is 5.69. The molecule has 124 valence electrons. The molecule has 1 atom stereocenters. The van der Waals surface area contributed by atoms with Crippen LogP contribution in [0, 0.1) is 5.92 Å². The van der Waals surface area contributed by atoms with Gasteiger partial charge in [-0.3, -0.25) is 4.90 Å². The van der Waals surface area contributed by atoms with Gasteiger partial charge in [-0.25, -0.2) is 4.98 Å². The smallest absolute Gasteiger partial charge is 0.228 e. The number of oxazole rings is 1. The number of piperidine rings is 1. The van der Waals surface area contributed by atoms with E-state index in [1.807, 2.05) is 30.3 Å². The van der Waals surface area contributed by atoms with Crippen molar-refractivity contribution in [1.82, 2.24) is 9.88 Å². The fourth-order valence-corrected chi connectivity index (χ4v) is 3.73. The summed E-state index contributed by atoms with van der Waals surface area (Å²) < 4.78 is 5.89. The summed E-state index contributed by atoms with van der Waals surface area (Å²) in [6.07, 6.45) is 2.64. The molecular formula is C20H21ClN2O. The molecule has 4 rings (SSSR count). The molecule has 24 heavy (non-hydrogen) atoms. The van der Waals surface area contributed by atoms with E-state index in [1.165, 1.54) is 31.5 Å². The summed E-state index contributed by atoms with van der Waals surface area (Å²) in [5.41, 5.74) is 3.82. The number of benzene rings is 2. The monoisotopic (exact) mass is 340 g/mol. The van der Waals surface area contributed by atoms with Crippen LogP contribution in [0.1, 0.15) is 25.3 Å². The zero-order valence-electron chi connectivity index (χ0n) is 13.8. The Morgan fingerprint density at radius 2 is 2.12 bits per heavy atom. The fraction of sp³-hybridized carbons (Fsp3) is 0.350. The number of likely N-dealkylation sites (tertiary alicyclic amines) is 1. The molecule has 1 aromatic heterocycles. The van der Waals surface area contributed by atoms with Crippen molar-refractivity contribution >= 4 is 22.7 Å². The van der Waals surface area contributed by atoms with E-state index >= 15 is 0 Å². The average molecular weight is 341 g/mol. The Balaban J connectivity index is 1.60. The van der Waals surface area contributed by atoms with Gasteiger partial charge in [0, 0.05) is 13.1 Å². The first-order valence-electron chi connectivity index (χ1n) is 8.56. The van der Waals surface area contributed by atoms with Crippen molar-refractivity contribution in [2.24, 2.45) is 5.92 Å². The molecule has 3 nitrogen and oxygen atoms in total. The second-order valence-corrected chi connectivity index (χ2v) is 7.19. The van der Waals surface area contributed by atoms with Crippen molar-refractivity contribution in [2.75, 3.05) is 13.1 Å². The van der Waals surface area contributed by atoms with Crippen molar-refractivity contribution in [3.63, 3.8) is 0 Å². The minimum Gasteiger partial charge on any atom is -0.436 e. The van der Waals surface area contributed by atoms with E-state index in [0.29, 0.717) is 10.9 Å². The van der Waals surface area contributed by atoms with Crippen LogP contribution < -0.4 is 0 Å². The summed E-state index contributed by atoms with van der Waals surface area (Å²) in [5.74, 6) is 1.38. The van der Waals surface area contributed by atoms with E-state index in [0.717, 1.165) is 29.1 Å². The minimum atomic E-state index is 0.583. The largest absolute Gasteiger partial charge is 0.436 e. The Labute approximate surface area is 147 Å². The summed E-state index contributed by atoms with van der Waals surface area (Å²) in [6, 6.07) is 13.9. The molecule has 0 aliphatic carbocycles. The van der Waals surface area contributed by atoms with Crippen LogP contribution in [0.15, 0.2) is 46.9 Å². The van der Waals surface area contributed by atoms with Gasteiger partial charge in [-0.2, -0.15) is 0 Å². The first-order chi connectivity index (χ1) is 11.7. The highest BCUT2D eigenvalue weighted by molar-refractivity contribution is 6.33. The number of rotatable bonds is 3. The number of nitrogens with zero attached hydrogens (tertiary/aromatic N) is 2. The molecule has 3 aromatic rings. The van der Waals surface area contributed by atoms with Crippen molar-refractivity contribution in [1.29, 1.82) is 0 Å². The Bertz CT molecular complexity index is 858. The van der Waals surface area contributed by atoms with Gasteiger partial charge in [0.25, 0.3) is 0 Å². The lowest BCUT2D eigenvalue weighted by Crippen LogP contribution is -2.33. The number of fused-ring (bicyclic) bond motifs is 1. The van der Waals surface area contributed by atoms with Gasteiger partial charge in [-0.1, -0.05) is 36.7 Å². The van der Waals surface area contributed by atoms with Crippen molar-refractivity contribution in [3.8, 4) is 11.5 Å². The van der Waals surface area contributed by atoms with E-state index in [4.69, 9.17) is 16.0 Å². The van der Waals surface area contributed by atoms with Gasteiger partial charge in [0.05, 0.1) is 10.6 Å². The van der Waals surface area contributed by atoms with Crippen LogP contribution in [0.3, 0.4) is 0 Å². The highest BCUT2D eigenvalue weighted by Gasteiger charge is 2.17. The van der Waals surface area contributed by atoms with Crippen LogP contribution in [-0.2, 0) is 6.54 Å². The number of halogens is 1. The molecule has 2 aromatic carbocycles. The van der Waals surface area contributed by atoms with Gasteiger partial charge < -0.3 is 4.42 Å². The molecule has 0 spiro atoms. The van der Waals surface area contributed by atoms with Crippen molar-refractivity contribution < 1.29 is 4.42 Å². The predicted octanol–water partition coefficient (Wildman–Crippen LogP) is 5.38. The summed E-state index contributed by atoms with van der Waals surface area (Å²) >= 11 is 6.25. The second-order valence-electron chi connectivity index (χ2n) is 6.78. The highest BCUT2D eigenvalue weighted by Crippen LogP contribution is 2.30. The third kappa shape index (κ3) is 3.19. The summed E-state index contributed by atoms with van der Waals surface area (Å²) in [4.78, 5) is 7.17. The zero-order chi connectivity index (χ0) is 16.5. The molecular weight excluding hydrogens is 320 g/mol. The first-order valence-corrected chi connectivity index (χ1v) is 8.93. The van der Waals surface area contributed by atoms with Crippen LogP contribution in [0.5, 0.6) is 0 Å². The molecule has 0 unspecified atom stereocenters. The van der Waals surface area contributed by atoms with E-state index in [2.05, 4.69) is 28.9 Å². The topological polar surface area (TPSA) is 29.3 Å². The van der Waals surface area contributed by atoms with E-state index in [-0.39, 0.29) is 0 Å². The zero-order valence-corrected chi connectivity index (χ0v) is 14.6. The standard InChI is InChI=1S/C20H21ClN2O/c1-14-5-4-10-23(12-14)13-15-8-9-19-18(11-15)22-20(24-19)16-6-2-3-7-17(16)21/h2-3,6-9,11,14H,4-5,10,12-13H2,1H3/t14-/m1/s1. The third-order valence-corrected chi connectivity index (χ3v) is 5.03. The lowest BCUT2D eigenvalue weighted by Gasteiger charge is -2.30. The highest BCUT2D eigenvalue weighted by atomic mass is 35.5. The van der Waals surface area contributed by atoms with Crippen LogP contribution in [0.2, 0.25) is 5.02 Å². The van der Waals surface area contributed by atoms with Gasteiger partial charge in [0.15, 0.2) is 5.58 Å². The molecule has 1 fully saturated rings. The number of hydrogen-bond donors (Lipinski definition) is 0. The average Bonchev–Trinajstić information content (AvgIpc) is 2.98. The maximum atomic E-state index is 6.25. The van der Waals surface area contributed by atoms with Crippen LogP contribution in [-0.4, -0.2) is 23.0 Å². The van der Waals surface area contributed by atoms with Crippen molar-refractivity contribution in [3.05, 3.63) is 53.1 Å². The van der Waals surface area contributed by atoms with Gasteiger partial charge in [-0.05, 0) is 55.1 Å². The summed E-state index contributed by atoms with van der Waals surface area (Å²) in [5, 5.41) is 0.659. The van der Waals surface area contributed by atoms with Crippen LogP contribution in [0.4, 0.5) is 0 Å². The molecule has 4 heteroatoms. The molecule has 0 N–H and O–H groups in total. The Morgan fingerprint density at radius 3 is 2.96 bits per heavy atom. The maximum absolute atomic E-state index is 6.25. The molecule has 0 radical (unpaired) electrons. The Hall–Kier alpha value is -1.84. The number of aromatic nitrogens is 1. The normalized spacial score (nSPS) is 19.0. The lowest BCUT2D eigenvalue weighted by molar-refractivity contribution is 0.176. The van der Waals surface area contributed by atoms with E-state index in [1.54, 1.807) is 0 Å². The van der Waals surface area contributed by atoms with E-state index in [9.17, 15) is 0 Å². The van der Waals surface area contributed by atoms with Gasteiger partial charge in [-0.15, -0.1) is 0 Å². The summed E-state index contributed by atoms with van der Waals surface area (Å²) in [7, 11) is 0. The van der Waals surface area contributed by atoms with Crippen LogP contribution in [0.25, 0.3) is 22.6 Å². The minimum absolute atomic E-state index is 0.583. The third-order valence-electron chi connectivity index (χ3n) is 4.70. The van der Waals surface area contributed by atoms with E-state index < -0.39 is 0 Å². The molecule has 0 saturated carbocycles. The first kappa shape index (κ1) is 15.7. The fourth-order valence-electron chi connectivity index (χ4n) is 3.51. The second kappa shape index (κ2) is 6.58. The molecule has 2 heterocycles. The predicted molar refractivity (Wildman–Crippen MR) is 98.1 cm³/mol. The molecule has 1 aliphatic rings. The van der Waals surface area contributed by atoms with Crippen molar-refractivity contribution in [2.45, 2.75) is 26.3 Å². The molecule has 1 saturated heterocycles. The number of hydrogen-bond acceptors (Lipinski definition) is 3. The Morgan fingerprint density at radius 1 is 1.25 bits per heavy atom. The molecule has 0 bridgehead atoms. The molecule has 1 aliphatic heterocycles. The van der Waals surface area contributed by atoms with Gasteiger partial charge in [0.1, 0.15) is 5.52 Å². The van der Waals surface area contributed by atoms with Gasteiger partial charge >= 0.3 is 0 Å². The SMILES string of the molecule is C[C@@H]1CCCN(Cc2ccc3oc(-c4ccccc4Cl)nc3c2)C1. The lowest BCUT2D eigenvalue weighted by atomic mass is 10.00. The maximum Gasteiger partial charge on any atom is 0.228 e. The molecule has 0 amide bonds.